The summed E-state index contributed by atoms with van der Waals surface area (Å²) >= 11 is 0. The number of hydrogen-bond donors (Lipinski definition) is 3. The molecule has 2 fully saturated rings. The molecule has 1 saturated heterocycles. The van der Waals surface area contributed by atoms with Gasteiger partial charge in [-0.15, -0.1) is 0 Å². The van der Waals surface area contributed by atoms with Gasteiger partial charge >= 0.3 is 0 Å². The van der Waals surface area contributed by atoms with Crippen molar-refractivity contribution in [3.8, 4) is 23.1 Å². The van der Waals surface area contributed by atoms with Gasteiger partial charge in [-0.25, -0.2) is 9.37 Å². The zero-order valence-corrected chi connectivity index (χ0v) is 16.9. The number of nitrogens with two attached hydrogens (primary N) is 1. The second-order valence-electron chi connectivity index (χ2n) is 8.35. The zero-order chi connectivity index (χ0) is 21.9. The van der Waals surface area contributed by atoms with Crippen LogP contribution < -0.4 is 5.73 Å². The van der Waals surface area contributed by atoms with E-state index < -0.39 is 5.82 Å². The number of aryl methyl sites for hydroxylation is 1. The van der Waals surface area contributed by atoms with Crippen molar-refractivity contribution in [2.24, 2.45) is 11.7 Å². The minimum absolute atomic E-state index is 0.00337. The van der Waals surface area contributed by atoms with E-state index in [2.05, 4.69) is 21.3 Å². The predicted octanol–water partition coefficient (Wildman–Crippen LogP) is 2.31. The minimum atomic E-state index is -0.684. The molecule has 0 spiro atoms. The number of nitriles is 1. The van der Waals surface area contributed by atoms with Crippen LogP contribution in [0.2, 0.25) is 0 Å². The Morgan fingerprint density at radius 1 is 1.45 bits per heavy atom. The van der Waals surface area contributed by atoms with Crippen LogP contribution in [0.15, 0.2) is 18.2 Å². The number of carbonyl (C=O) groups excluding carboxylic acids is 1. The van der Waals surface area contributed by atoms with Crippen LogP contribution in [-0.4, -0.2) is 50.2 Å². The van der Waals surface area contributed by atoms with Crippen molar-refractivity contribution < 1.29 is 14.3 Å². The van der Waals surface area contributed by atoms with Gasteiger partial charge in [0.1, 0.15) is 17.6 Å². The molecule has 31 heavy (non-hydrogen) atoms. The Kier molecular flexibility index (Phi) is 4.41. The lowest BCUT2D eigenvalue weighted by Crippen LogP contribution is -2.33. The Balaban J connectivity index is 1.63. The van der Waals surface area contributed by atoms with Crippen molar-refractivity contribution in [2.45, 2.75) is 31.7 Å². The third-order valence-electron chi connectivity index (χ3n) is 6.26. The summed E-state index contributed by atoms with van der Waals surface area (Å²) in [6.45, 7) is 3.03. The van der Waals surface area contributed by atoms with Crippen LogP contribution in [0, 0.1) is 30.0 Å². The Morgan fingerprint density at radius 2 is 2.26 bits per heavy atom. The second-order valence-corrected chi connectivity index (χ2v) is 8.35. The van der Waals surface area contributed by atoms with Crippen LogP contribution in [-0.2, 0) is 4.79 Å². The van der Waals surface area contributed by atoms with Crippen LogP contribution in [0.1, 0.15) is 35.6 Å². The first-order valence-corrected chi connectivity index (χ1v) is 10.2. The number of nitrogens with one attached hydrogen (secondary N) is 1. The number of aromatic hydroxyl groups is 1. The van der Waals surface area contributed by atoms with Gasteiger partial charge in [0.2, 0.25) is 5.91 Å². The summed E-state index contributed by atoms with van der Waals surface area (Å²) in [6, 6.07) is 5.92. The van der Waals surface area contributed by atoms with E-state index in [-0.39, 0.29) is 46.4 Å². The summed E-state index contributed by atoms with van der Waals surface area (Å²) in [6.07, 6.45) is 1.40. The molecule has 1 aliphatic heterocycles. The molecule has 9 heteroatoms. The molecule has 2 aromatic heterocycles. The van der Waals surface area contributed by atoms with Gasteiger partial charge in [-0.05, 0) is 43.4 Å². The van der Waals surface area contributed by atoms with Crippen LogP contribution >= 0.6 is 0 Å². The fourth-order valence-corrected chi connectivity index (χ4v) is 4.62. The van der Waals surface area contributed by atoms with E-state index in [0.29, 0.717) is 36.1 Å². The molecule has 0 radical (unpaired) electrons. The molecule has 3 aromatic rings. The fraction of sp³-hybridized carbons (Fsp3) is 0.364. The molecule has 2 aliphatic rings. The van der Waals surface area contributed by atoms with E-state index >= 15 is 0 Å². The van der Waals surface area contributed by atoms with E-state index in [1.165, 1.54) is 12.1 Å². The molecule has 0 bridgehead atoms. The molecule has 3 atom stereocenters. The molecule has 4 N–H and O–H groups in total. The third kappa shape index (κ3) is 3.11. The molecule has 3 heterocycles. The minimum Gasteiger partial charge on any atom is -0.508 e. The number of amides is 1. The Morgan fingerprint density at radius 3 is 2.94 bits per heavy atom. The third-order valence-corrected chi connectivity index (χ3v) is 6.26. The highest BCUT2D eigenvalue weighted by atomic mass is 19.1. The zero-order valence-electron chi connectivity index (χ0n) is 16.9. The first-order valence-electron chi connectivity index (χ1n) is 10.2. The molecule has 3 unspecified atom stereocenters. The van der Waals surface area contributed by atoms with Gasteiger partial charge in [0.15, 0.2) is 5.65 Å². The van der Waals surface area contributed by atoms with Crippen molar-refractivity contribution in [2.75, 3.05) is 13.1 Å². The smallest absolute Gasteiger partial charge is 0.226 e. The van der Waals surface area contributed by atoms with Crippen molar-refractivity contribution in [1.29, 1.82) is 5.26 Å². The molecule has 1 aliphatic carbocycles. The van der Waals surface area contributed by atoms with Crippen molar-refractivity contribution in [3.05, 3.63) is 40.8 Å². The molecule has 8 nitrogen and oxygen atoms in total. The van der Waals surface area contributed by atoms with Gasteiger partial charge in [-0.1, -0.05) is 0 Å². The van der Waals surface area contributed by atoms with E-state index in [1.54, 1.807) is 4.90 Å². The number of phenolic OH excluding ortho intramolecular Hbond substituents is 1. The topological polar surface area (TPSA) is 132 Å². The molecule has 158 valence electrons. The maximum absolute atomic E-state index is 14.6. The Hall–Kier alpha value is -3.51. The lowest BCUT2D eigenvalue weighted by molar-refractivity contribution is -0.131. The monoisotopic (exact) mass is 420 g/mol. The SMILES string of the molecule is Cc1[nH]nc2nc(-c3ccc(O)cc3F)c(C#N)c(C3CC3C(=O)N3CCC(N)C3)c12. The number of carbonyl (C=O) groups is 1. The molecular weight excluding hydrogens is 399 g/mol. The standard InChI is InChI=1S/C22H21FN6O2/c1-10-18-19(14-7-15(14)22(31)29-5-4-11(25)9-29)16(8-24)20(26-21(18)28-27-10)13-3-2-12(30)6-17(13)23/h2-3,6,11,14-15,30H,4-5,7,9,25H2,1H3,(H,26,27,28). The number of pyridine rings is 1. The van der Waals surface area contributed by atoms with Crippen molar-refractivity contribution in [3.63, 3.8) is 0 Å². The number of fused-ring (bicyclic) bond motifs is 1. The number of likely N-dealkylation sites (tertiary alicyclic amines) is 1. The van der Waals surface area contributed by atoms with Gasteiger partial charge in [-0.2, -0.15) is 10.4 Å². The predicted molar refractivity (Wildman–Crippen MR) is 110 cm³/mol. The Labute approximate surface area is 177 Å². The van der Waals surface area contributed by atoms with E-state index in [1.807, 2.05) is 6.92 Å². The normalized spacial score (nSPS) is 22.6. The number of nitrogens with zero attached hydrogens (tertiary/aromatic N) is 4. The first kappa shape index (κ1) is 19.5. The average molecular weight is 420 g/mol. The maximum Gasteiger partial charge on any atom is 0.226 e. The molecule has 1 aromatic carbocycles. The summed E-state index contributed by atoms with van der Waals surface area (Å²) < 4.78 is 14.6. The van der Waals surface area contributed by atoms with Crippen LogP contribution in [0.25, 0.3) is 22.3 Å². The van der Waals surface area contributed by atoms with E-state index in [9.17, 15) is 19.6 Å². The number of rotatable bonds is 3. The lowest BCUT2D eigenvalue weighted by Gasteiger charge is -2.16. The second kappa shape index (κ2) is 7.03. The van der Waals surface area contributed by atoms with Crippen LogP contribution in [0.4, 0.5) is 4.39 Å². The number of aromatic amines is 1. The summed E-state index contributed by atoms with van der Waals surface area (Å²) in [7, 11) is 0. The number of aromatic nitrogens is 3. The highest BCUT2D eigenvalue weighted by Crippen LogP contribution is 2.53. The highest BCUT2D eigenvalue weighted by molar-refractivity contribution is 5.92. The van der Waals surface area contributed by atoms with E-state index in [0.717, 1.165) is 18.2 Å². The number of benzene rings is 1. The van der Waals surface area contributed by atoms with Gasteiger partial charge in [-0.3, -0.25) is 9.89 Å². The quantitative estimate of drug-likeness (QED) is 0.596. The number of phenols is 1. The highest BCUT2D eigenvalue weighted by Gasteiger charge is 2.49. The lowest BCUT2D eigenvalue weighted by atomic mass is 9.94. The fourth-order valence-electron chi connectivity index (χ4n) is 4.62. The van der Waals surface area contributed by atoms with Gasteiger partial charge in [0.05, 0.1) is 11.3 Å². The van der Waals surface area contributed by atoms with Crippen molar-refractivity contribution >= 4 is 16.9 Å². The maximum atomic E-state index is 14.6. The molecular formula is C22H21FN6O2. The summed E-state index contributed by atoms with van der Waals surface area (Å²) in [5.41, 5.74) is 8.25. The molecule has 5 rings (SSSR count). The number of halogens is 1. The van der Waals surface area contributed by atoms with Crippen LogP contribution in [0.3, 0.4) is 0 Å². The van der Waals surface area contributed by atoms with E-state index in [4.69, 9.17) is 5.73 Å². The molecule has 1 saturated carbocycles. The summed E-state index contributed by atoms with van der Waals surface area (Å²) in [4.78, 5) is 19.3. The van der Waals surface area contributed by atoms with Gasteiger partial charge < -0.3 is 15.7 Å². The molecule has 1 amide bonds. The van der Waals surface area contributed by atoms with Gasteiger partial charge in [0.25, 0.3) is 0 Å². The number of H-pyrrole nitrogens is 1. The van der Waals surface area contributed by atoms with Crippen molar-refractivity contribution in [1.82, 2.24) is 20.1 Å². The van der Waals surface area contributed by atoms with Gasteiger partial charge in [0, 0.05) is 47.8 Å². The number of hydrogen-bond acceptors (Lipinski definition) is 6. The Bertz CT molecular complexity index is 1260. The summed E-state index contributed by atoms with van der Waals surface area (Å²) in [5.74, 6) is -1.26. The average Bonchev–Trinajstić information content (AvgIpc) is 3.28. The first-order chi connectivity index (χ1) is 14.9. The largest absolute Gasteiger partial charge is 0.508 e. The summed E-state index contributed by atoms with van der Waals surface area (Å²) in [5, 5.41) is 27.4. The van der Waals surface area contributed by atoms with Crippen LogP contribution in [0.5, 0.6) is 5.75 Å².